The van der Waals surface area contributed by atoms with Crippen LogP contribution < -0.4 is 4.90 Å². The molecule has 2 aromatic rings. The summed E-state index contributed by atoms with van der Waals surface area (Å²) in [6.45, 7) is 1.48. The Hall–Kier alpha value is -2.12. The van der Waals surface area contributed by atoms with Gasteiger partial charge in [-0.05, 0) is 60.1 Å². The zero-order chi connectivity index (χ0) is 21.7. The molecule has 30 heavy (non-hydrogen) atoms. The van der Waals surface area contributed by atoms with Gasteiger partial charge in [-0.1, -0.05) is 31.4 Å². The molecule has 0 aliphatic heterocycles. The average Bonchev–Trinajstić information content (AvgIpc) is 3.22. The molecule has 0 bridgehead atoms. The Morgan fingerprint density at radius 3 is 2.33 bits per heavy atom. The van der Waals surface area contributed by atoms with Crippen LogP contribution in [0, 0.1) is 0 Å². The van der Waals surface area contributed by atoms with Crippen molar-refractivity contribution in [3.8, 4) is 0 Å². The van der Waals surface area contributed by atoms with Crippen molar-refractivity contribution >= 4 is 33.4 Å². The second-order valence-electron chi connectivity index (χ2n) is 7.98. The molecular weight excluding hydrogens is 446 g/mol. The Morgan fingerprint density at radius 1 is 0.967 bits per heavy atom. The molecule has 0 radical (unpaired) electrons. The van der Waals surface area contributed by atoms with E-state index in [4.69, 9.17) is 4.42 Å². The first-order valence-corrected chi connectivity index (χ1v) is 11.3. The van der Waals surface area contributed by atoms with Gasteiger partial charge in [-0.2, -0.15) is 0 Å². The number of amides is 2. The van der Waals surface area contributed by atoms with Gasteiger partial charge < -0.3 is 19.1 Å². The highest BCUT2D eigenvalue weighted by atomic mass is 79.9. The molecule has 1 aromatic carbocycles. The quantitative estimate of drug-likeness (QED) is 0.584. The standard InChI is InChI=1S/C23H30BrN3O3/c1-25(17-9-5-4-6-10-17)15-16-26(2)22(28)18-11-7-8-12-19(18)27(3)23(29)20-13-14-21(24)30-20/h7-8,11-14,17H,4-6,9-10,15-16H2,1-3H3. The number of anilines is 1. The Labute approximate surface area is 186 Å². The maximum atomic E-state index is 13.2. The minimum absolute atomic E-state index is 0.0945. The third-order valence-corrected chi connectivity index (χ3v) is 6.34. The van der Waals surface area contributed by atoms with Crippen molar-refractivity contribution in [2.45, 2.75) is 38.1 Å². The maximum absolute atomic E-state index is 13.2. The third-order valence-electron chi connectivity index (χ3n) is 5.92. The molecule has 0 saturated heterocycles. The highest BCUT2D eigenvalue weighted by Crippen LogP contribution is 2.25. The fourth-order valence-corrected chi connectivity index (χ4v) is 4.28. The minimum atomic E-state index is -0.305. The van der Waals surface area contributed by atoms with Crippen LogP contribution in [0.2, 0.25) is 0 Å². The lowest BCUT2D eigenvalue weighted by atomic mass is 9.94. The molecule has 0 atom stereocenters. The van der Waals surface area contributed by atoms with Crippen LogP contribution >= 0.6 is 15.9 Å². The van der Waals surface area contributed by atoms with E-state index in [0.29, 0.717) is 28.5 Å². The van der Waals surface area contributed by atoms with E-state index in [2.05, 4.69) is 27.9 Å². The second kappa shape index (κ2) is 10.3. The fourth-order valence-electron chi connectivity index (χ4n) is 3.97. The zero-order valence-electron chi connectivity index (χ0n) is 17.9. The van der Waals surface area contributed by atoms with Crippen molar-refractivity contribution < 1.29 is 14.0 Å². The Balaban J connectivity index is 1.67. The predicted octanol–water partition coefficient (Wildman–Crippen LogP) is 4.66. The summed E-state index contributed by atoms with van der Waals surface area (Å²) in [4.78, 5) is 31.5. The maximum Gasteiger partial charge on any atom is 0.293 e. The van der Waals surface area contributed by atoms with Crippen LogP contribution in [0.15, 0.2) is 45.5 Å². The van der Waals surface area contributed by atoms with Gasteiger partial charge in [-0.3, -0.25) is 9.59 Å². The minimum Gasteiger partial charge on any atom is -0.444 e. The first-order valence-electron chi connectivity index (χ1n) is 10.5. The van der Waals surface area contributed by atoms with Gasteiger partial charge in [-0.25, -0.2) is 0 Å². The number of likely N-dealkylation sites (N-methyl/N-ethyl adjacent to an activating group) is 2. The van der Waals surface area contributed by atoms with Crippen LogP contribution in [0.4, 0.5) is 5.69 Å². The zero-order valence-corrected chi connectivity index (χ0v) is 19.5. The number of hydrogen-bond donors (Lipinski definition) is 0. The van der Waals surface area contributed by atoms with E-state index in [1.807, 2.05) is 19.2 Å². The van der Waals surface area contributed by atoms with Crippen molar-refractivity contribution in [2.24, 2.45) is 0 Å². The molecule has 7 heteroatoms. The molecular formula is C23H30BrN3O3. The molecule has 1 aromatic heterocycles. The van der Waals surface area contributed by atoms with Gasteiger partial charge in [0, 0.05) is 33.2 Å². The molecule has 1 aliphatic carbocycles. The molecule has 0 unspecified atom stereocenters. The van der Waals surface area contributed by atoms with Gasteiger partial charge in [0.1, 0.15) is 0 Å². The largest absolute Gasteiger partial charge is 0.444 e. The van der Waals surface area contributed by atoms with E-state index in [1.54, 1.807) is 36.2 Å². The summed E-state index contributed by atoms with van der Waals surface area (Å²) in [5.41, 5.74) is 1.06. The number of halogens is 1. The van der Waals surface area contributed by atoms with E-state index < -0.39 is 0 Å². The van der Waals surface area contributed by atoms with Crippen LogP contribution in [0.25, 0.3) is 0 Å². The molecule has 0 spiro atoms. The summed E-state index contributed by atoms with van der Waals surface area (Å²) in [5.74, 6) is -0.183. The second-order valence-corrected chi connectivity index (χ2v) is 8.77. The highest BCUT2D eigenvalue weighted by Gasteiger charge is 2.24. The van der Waals surface area contributed by atoms with Crippen molar-refractivity contribution in [1.29, 1.82) is 0 Å². The van der Waals surface area contributed by atoms with Crippen LogP contribution in [0.5, 0.6) is 0 Å². The van der Waals surface area contributed by atoms with Crippen molar-refractivity contribution in [3.05, 3.63) is 52.4 Å². The Kier molecular flexibility index (Phi) is 7.72. The van der Waals surface area contributed by atoms with Crippen LogP contribution in [-0.2, 0) is 0 Å². The van der Waals surface area contributed by atoms with Crippen LogP contribution in [0.3, 0.4) is 0 Å². The lowest BCUT2D eigenvalue weighted by molar-refractivity contribution is 0.0768. The van der Waals surface area contributed by atoms with E-state index in [1.165, 1.54) is 37.0 Å². The van der Waals surface area contributed by atoms with Crippen molar-refractivity contribution in [1.82, 2.24) is 9.80 Å². The van der Waals surface area contributed by atoms with Gasteiger partial charge in [0.05, 0.1) is 11.3 Å². The summed E-state index contributed by atoms with van der Waals surface area (Å²) in [5, 5.41) is 0. The summed E-state index contributed by atoms with van der Waals surface area (Å²) in [6, 6.07) is 11.1. The monoisotopic (exact) mass is 475 g/mol. The summed E-state index contributed by atoms with van der Waals surface area (Å²) in [6.07, 6.45) is 6.41. The summed E-state index contributed by atoms with van der Waals surface area (Å²) >= 11 is 3.22. The van der Waals surface area contributed by atoms with E-state index >= 15 is 0 Å². The molecule has 0 N–H and O–H groups in total. The van der Waals surface area contributed by atoms with Crippen LogP contribution in [-0.4, -0.2) is 61.9 Å². The highest BCUT2D eigenvalue weighted by molar-refractivity contribution is 9.10. The number of carbonyl (C=O) groups is 2. The third kappa shape index (κ3) is 5.32. The van der Waals surface area contributed by atoms with Crippen LogP contribution in [0.1, 0.15) is 53.0 Å². The first-order chi connectivity index (χ1) is 14.4. The van der Waals surface area contributed by atoms with Gasteiger partial charge in [0.25, 0.3) is 11.8 Å². The smallest absolute Gasteiger partial charge is 0.293 e. The van der Waals surface area contributed by atoms with E-state index in [0.717, 1.165) is 6.54 Å². The van der Waals surface area contributed by atoms with Gasteiger partial charge in [0.2, 0.25) is 0 Å². The van der Waals surface area contributed by atoms with Gasteiger partial charge in [-0.15, -0.1) is 0 Å². The van der Waals surface area contributed by atoms with E-state index in [9.17, 15) is 9.59 Å². The summed E-state index contributed by atoms with van der Waals surface area (Å²) in [7, 11) is 5.62. The number of benzene rings is 1. The average molecular weight is 476 g/mol. The van der Waals surface area contributed by atoms with Gasteiger partial charge in [0.15, 0.2) is 10.4 Å². The van der Waals surface area contributed by atoms with Crippen molar-refractivity contribution in [3.63, 3.8) is 0 Å². The lowest BCUT2D eigenvalue weighted by Gasteiger charge is -2.32. The normalized spacial score (nSPS) is 14.7. The molecule has 1 aliphatic rings. The molecule has 6 nitrogen and oxygen atoms in total. The van der Waals surface area contributed by atoms with Gasteiger partial charge >= 0.3 is 0 Å². The van der Waals surface area contributed by atoms with E-state index in [-0.39, 0.29) is 17.6 Å². The Morgan fingerprint density at radius 2 is 1.67 bits per heavy atom. The molecule has 1 fully saturated rings. The number of nitrogens with zero attached hydrogens (tertiary/aromatic N) is 3. The summed E-state index contributed by atoms with van der Waals surface area (Å²) < 4.78 is 5.87. The number of furan rings is 1. The molecule has 1 saturated carbocycles. The fraction of sp³-hybridized carbons (Fsp3) is 0.478. The number of para-hydroxylation sites is 1. The topological polar surface area (TPSA) is 57.0 Å². The predicted molar refractivity (Wildman–Crippen MR) is 122 cm³/mol. The first kappa shape index (κ1) is 22.6. The number of hydrogen-bond acceptors (Lipinski definition) is 4. The lowest BCUT2D eigenvalue weighted by Crippen LogP contribution is -2.40. The Bertz CT molecular complexity index is 876. The molecule has 3 rings (SSSR count). The number of rotatable bonds is 7. The van der Waals surface area contributed by atoms with Crippen molar-refractivity contribution in [2.75, 3.05) is 39.1 Å². The molecule has 162 valence electrons. The molecule has 1 heterocycles. The molecule has 2 amide bonds. The number of carbonyl (C=O) groups excluding carboxylic acids is 2. The SMILES string of the molecule is CN(CCN(C)C1CCCCC1)C(=O)c1ccccc1N(C)C(=O)c1ccc(Br)o1.